The highest BCUT2D eigenvalue weighted by atomic mass is 16.5. The van der Waals surface area contributed by atoms with Crippen molar-refractivity contribution in [1.29, 1.82) is 0 Å². The fourth-order valence-corrected chi connectivity index (χ4v) is 1.96. The zero-order chi connectivity index (χ0) is 11.7. The Labute approximate surface area is 94.4 Å². The summed E-state index contributed by atoms with van der Waals surface area (Å²) >= 11 is 0. The van der Waals surface area contributed by atoms with Gasteiger partial charge >= 0.3 is 5.97 Å². The molecule has 0 bridgehead atoms. The highest BCUT2D eigenvalue weighted by Crippen LogP contribution is 2.34. The number of hydrogen-bond acceptors (Lipinski definition) is 3. The first-order chi connectivity index (χ1) is 7.63. The van der Waals surface area contributed by atoms with Crippen LogP contribution in [-0.4, -0.2) is 11.1 Å². The molecule has 0 radical (unpaired) electrons. The van der Waals surface area contributed by atoms with Gasteiger partial charge in [-0.05, 0) is 25.0 Å². The summed E-state index contributed by atoms with van der Waals surface area (Å²) in [4.78, 5) is 11.4. The minimum absolute atomic E-state index is 0.0244. The number of esters is 1. The SMILES string of the molecule is CCC1=CC(=O)OC2=C(C)C(O)=CC=CC12. The lowest BCUT2D eigenvalue weighted by atomic mass is 9.90. The largest absolute Gasteiger partial charge is 0.508 e. The van der Waals surface area contributed by atoms with Gasteiger partial charge in [0, 0.05) is 11.6 Å². The zero-order valence-corrected chi connectivity index (χ0v) is 9.36. The molecule has 2 aliphatic rings. The fourth-order valence-electron chi connectivity index (χ4n) is 1.96. The van der Waals surface area contributed by atoms with E-state index in [1.807, 2.05) is 13.0 Å². The molecule has 1 atom stereocenters. The molecule has 1 heterocycles. The first-order valence-electron chi connectivity index (χ1n) is 5.34. The first-order valence-corrected chi connectivity index (χ1v) is 5.34. The van der Waals surface area contributed by atoms with E-state index in [4.69, 9.17) is 4.74 Å². The van der Waals surface area contributed by atoms with Crippen molar-refractivity contribution in [2.45, 2.75) is 20.3 Å². The maximum atomic E-state index is 11.4. The first kappa shape index (κ1) is 10.7. The van der Waals surface area contributed by atoms with Crippen LogP contribution in [0.15, 0.2) is 47.0 Å². The van der Waals surface area contributed by atoms with Crippen LogP contribution in [-0.2, 0) is 9.53 Å². The lowest BCUT2D eigenvalue weighted by Crippen LogP contribution is -2.19. The lowest BCUT2D eigenvalue weighted by molar-refractivity contribution is -0.135. The number of carbonyl (C=O) groups is 1. The summed E-state index contributed by atoms with van der Waals surface area (Å²) in [5.74, 6) is 0.319. The van der Waals surface area contributed by atoms with Crippen LogP contribution in [0.5, 0.6) is 0 Å². The van der Waals surface area contributed by atoms with E-state index < -0.39 is 0 Å². The second kappa shape index (κ2) is 4.00. The van der Waals surface area contributed by atoms with E-state index in [-0.39, 0.29) is 17.6 Å². The molecule has 1 aliphatic carbocycles. The van der Waals surface area contributed by atoms with Crippen molar-refractivity contribution in [2.24, 2.45) is 5.92 Å². The Hall–Kier alpha value is -1.77. The van der Waals surface area contributed by atoms with E-state index in [0.29, 0.717) is 11.3 Å². The van der Waals surface area contributed by atoms with Gasteiger partial charge in [-0.3, -0.25) is 0 Å². The van der Waals surface area contributed by atoms with Crippen molar-refractivity contribution in [2.75, 3.05) is 0 Å². The minimum atomic E-state index is -0.356. The van der Waals surface area contributed by atoms with Gasteiger partial charge in [-0.25, -0.2) is 4.79 Å². The molecule has 0 aromatic heterocycles. The average molecular weight is 218 g/mol. The molecule has 3 heteroatoms. The van der Waals surface area contributed by atoms with Gasteiger partial charge in [0.05, 0.1) is 5.92 Å². The Morgan fingerprint density at radius 1 is 1.50 bits per heavy atom. The fraction of sp³-hybridized carbons (Fsp3) is 0.308. The molecule has 0 fully saturated rings. The molecule has 0 amide bonds. The highest BCUT2D eigenvalue weighted by Gasteiger charge is 2.28. The Kier molecular flexibility index (Phi) is 2.69. The highest BCUT2D eigenvalue weighted by molar-refractivity contribution is 5.85. The Bertz CT molecular complexity index is 450. The third-order valence-corrected chi connectivity index (χ3v) is 2.92. The molecule has 1 N–H and O–H groups in total. The summed E-state index contributed by atoms with van der Waals surface area (Å²) in [5.41, 5.74) is 1.65. The van der Waals surface area contributed by atoms with E-state index in [9.17, 15) is 9.90 Å². The van der Waals surface area contributed by atoms with Crippen LogP contribution in [0.2, 0.25) is 0 Å². The van der Waals surface area contributed by atoms with E-state index in [0.717, 1.165) is 12.0 Å². The van der Waals surface area contributed by atoms with E-state index in [1.165, 1.54) is 6.08 Å². The third kappa shape index (κ3) is 1.69. The average Bonchev–Trinajstić information content (AvgIpc) is 2.40. The van der Waals surface area contributed by atoms with Crippen LogP contribution < -0.4 is 0 Å². The van der Waals surface area contributed by atoms with E-state index >= 15 is 0 Å². The molecule has 0 saturated carbocycles. The predicted octanol–water partition coefficient (Wildman–Crippen LogP) is 2.78. The molecule has 1 unspecified atom stereocenters. The van der Waals surface area contributed by atoms with Gasteiger partial charge in [0.1, 0.15) is 11.5 Å². The van der Waals surface area contributed by atoms with Crippen molar-refractivity contribution in [1.82, 2.24) is 0 Å². The number of hydrogen-bond donors (Lipinski definition) is 1. The number of aliphatic hydroxyl groups is 1. The van der Waals surface area contributed by atoms with Crippen molar-refractivity contribution in [3.05, 3.63) is 47.0 Å². The molecule has 1 aliphatic heterocycles. The van der Waals surface area contributed by atoms with Crippen molar-refractivity contribution in [3.8, 4) is 0 Å². The van der Waals surface area contributed by atoms with Crippen molar-refractivity contribution < 1.29 is 14.6 Å². The van der Waals surface area contributed by atoms with Gasteiger partial charge in [0.2, 0.25) is 0 Å². The second-order valence-electron chi connectivity index (χ2n) is 3.90. The van der Waals surface area contributed by atoms with Crippen LogP contribution in [0.4, 0.5) is 0 Å². The summed E-state index contributed by atoms with van der Waals surface area (Å²) in [6.07, 6.45) is 7.67. The van der Waals surface area contributed by atoms with E-state index in [1.54, 1.807) is 19.1 Å². The molecular weight excluding hydrogens is 204 g/mol. The monoisotopic (exact) mass is 218 g/mol. The maximum Gasteiger partial charge on any atom is 0.335 e. The van der Waals surface area contributed by atoms with Gasteiger partial charge < -0.3 is 9.84 Å². The molecule has 2 rings (SSSR count). The lowest BCUT2D eigenvalue weighted by Gasteiger charge is -2.24. The molecule has 0 spiro atoms. The standard InChI is InChI=1S/C13H14O3/c1-3-9-7-12(15)16-13-8(2)11(14)6-4-5-10(9)13/h4-7,10,14H,3H2,1-2H3. The number of rotatable bonds is 1. The van der Waals surface area contributed by atoms with Crippen LogP contribution in [0.3, 0.4) is 0 Å². The summed E-state index contributed by atoms with van der Waals surface area (Å²) < 4.78 is 5.20. The Morgan fingerprint density at radius 3 is 2.94 bits per heavy atom. The van der Waals surface area contributed by atoms with Gasteiger partial charge in [-0.2, -0.15) is 0 Å². The molecule has 0 aromatic carbocycles. The number of ether oxygens (including phenoxy) is 1. The van der Waals surface area contributed by atoms with Crippen LogP contribution in [0.1, 0.15) is 20.3 Å². The minimum Gasteiger partial charge on any atom is -0.508 e. The van der Waals surface area contributed by atoms with E-state index in [2.05, 4.69) is 0 Å². The van der Waals surface area contributed by atoms with Gasteiger partial charge in [-0.15, -0.1) is 0 Å². The molecule has 3 nitrogen and oxygen atoms in total. The number of carbonyl (C=O) groups excluding carboxylic acids is 1. The molecule has 16 heavy (non-hydrogen) atoms. The van der Waals surface area contributed by atoms with Gasteiger partial charge in [0.25, 0.3) is 0 Å². The maximum absolute atomic E-state index is 11.4. The van der Waals surface area contributed by atoms with Gasteiger partial charge in [-0.1, -0.05) is 19.1 Å². The van der Waals surface area contributed by atoms with Crippen molar-refractivity contribution >= 4 is 5.97 Å². The summed E-state index contributed by atoms with van der Waals surface area (Å²) in [6, 6.07) is 0. The van der Waals surface area contributed by atoms with Crippen LogP contribution >= 0.6 is 0 Å². The quantitative estimate of drug-likeness (QED) is 0.688. The van der Waals surface area contributed by atoms with Crippen molar-refractivity contribution in [3.63, 3.8) is 0 Å². The second-order valence-corrected chi connectivity index (χ2v) is 3.90. The number of fused-ring (bicyclic) bond motifs is 1. The zero-order valence-electron chi connectivity index (χ0n) is 9.36. The molecule has 0 aromatic rings. The summed E-state index contributed by atoms with van der Waals surface area (Å²) in [5, 5.41) is 9.68. The number of aliphatic hydroxyl groups excluding tert-OH is 1. The molecule has 0 saturated heterocycles. The molecule has 84 valence electrons. The summed E-state index contributed by atoms with van der Waals surface area (Å²) in [7, 11) is 0. The Balaban J connectivity index is 2.54. The molecular formula is C13H14O3. The van der Waals surface area contributed by atoms with Crippen LogP contribution in [0, 0.1) is 5.92 Å². The Morgan fingerprint density at radius 2 is 2.25 bits per heavy atom. The topological polar surface area (TPSA) is 46.5 Å². The summed E-state index contributed by atoms with van der Waals surface area (Å²) in [6.45, 7) is 3.76. The normalized spacial score (nSPS) is 24.4. The third-order valence-electron chi connectivity index (χ3n) is 2.92. The van der Waals surface area contributed by atoms with Gasteiger partial charge in [0.15, 0.2) is 0 Å². The smallest absolute Gasteiger partial charge is 0.335 e. The van der Waals surface area contributed by atoms with Crippen LogP contribution in [0.25, 0.3) is 0 Å². The number of allylic oxidation sites excluding steroid dienone is 4. The predicted molar refractivity (Wildman–Crippen MR) is 60.5 cm³/mol.